The first-order valence-corrected chi connectivity index (χ1v) is 8.26. The van der Waals surface area contributed by atoms with Gasteiger partial charge in [0.2, 0.25) is 5.91 Å². The Morgan fingerprint density at radius 1 is 1.30 bits per heavy atom. The second kappa shape index (κ2) is 7.38. The molecule has 0 atom stereocenters. The van der Waals surface area contributed by atoms with E-state index in [0.717, 1.165) is 31.7 Å². The third kappa shape index (κ3) is 4.07. The van der Waals surface area contributed by atoms with Gasteiger partial charge in [0.05, 0.1) is 11.6 Å². The van der Waals surface area contributed by atoms with Crippen molar-refractivity contribution in [3.63, 3.8) is 0 Å². The molecule has 1 saturated heterocycles. The largest absolute Gasteiger partial charge is 0.486 e. The van der Waals surface area contributed by atoms with Crippen LogP contribution in [0.3, 0.4) is 0 Å². The zero-order chi connectivity index (χ0) is 16.2. The van der Waals surface area contributed by atoms with Gasteiger partial charge >= 0.3 is 0 Å². The van der Waals surface area contributed by atoms with Gasteiger partial charge in [0.1, 0.15) is 13.2 Å². The molecule has 2 aliphatic rings. The van der Waals surface area contributed by atoms with Crippen molar-refractivity contribution in [3.05, 3.63) is 22.7 Å². The Balaban J connectivity index is 1.60. The Hall–Kier alpha value is -1.50. The van der Waals surface area contributed by atoms with E-state index in [1.165, 1.54) is 0 Å². The van der Waals surface area contributed by atoms with Crippen molar-refractivity contribution in [2.45, 2.75) is 6.54 Å². The summed E-state index contributed by atoms with van der Waals surface area (Å²) in [6.07, 6.45) is 0. The molecule has 0 spiro atoms. The summed E-state index contributed by atoms with van der Waals surface area (Å²) in [6, 6.07) is 3.81. The number of hydrogen-bond donors (Lipinski definition) is 1. The van der Waals surface area contributed by atoms with Crippen LogP contribution in [-0.4, -0.2) is 68.7 Å². The number of likely N-dealkylation sites (N-methyl/N-ethyl adjacent to an activating group) is 1. The highest BCUT2D eigenvalue weighted by atomic mass is 35.5. The van der Waals surface area contributed by atoms with E-state index >= 15 is 0 Å². The predicted octanol–water partition coefficient (Wildman–Crippen LogP) is 0.975. The summed E-state index contributed by atoms with van der Waals surface area (Å²) in [6.45, 7) is 5.38. The van der Waals surface area contributed by atoms with Crippen molar-refractivity contribution in [1.82, 2.24) is 15.1 Å². The lowest BCUT2D eigenvalue weighted by atomic mass is 10.2. The molecular weight excluding hydrogens is 318 g/mol. The molecular formula is C16H22ClN3O3. The minimum atomic E-state index is 0.164. The van der Waals surface area contributed by atoms with Gasteiger partial charge in [0.25, 0.3) is 0 Å². The van der Waals surface area contributed by atoms with Crippen LogP contribution >= 0.6 is 11.6 Å². The molecule has 3 rings (SSSR count). The molecule has 0 aliphatic carbocycles. The minimum Gasteiger partial charge on any atom is -0.486 e. The maximum Gasteiger partial charge on any atom is 0.236 e. The van der Waals surface area contributed by atoms with Gasteiger partial charge in [-0.1, -0.05) is 11.6 Å². The fourth-order valence-corrected chi connectivity index (χ4v) is 3.16. The Morgan fingerprint density at radius 3 is 2.83 bits per heavy atom. The van der Waals surface area contributed by atoms with Gasteiger partial charge in [-0.25, -0.2) is 0 Å². The maximum atomic E-state index is 12.3. The molecule has 0 radical (unpaired) electrons. The molecule has 7 heteroatoms. The average molecular weight is 340 g/mol. The maximum absolute atomic E-state index is 12.3. The lowest BCUT2D eigenvalue weighted by Gasteiger charge is -2.29. The number of piperazine rings is 1. The second-order valence-corrected chi connectivity index (χ2v) is 6.31. The third-order valence-corrected chi connectivity index (χ3v) is 4.26. The Bertz CT molecular complexity index is 576. The average Bonchev–Trinajstić information content (AvgIpc) is 2.55. The molecule has 1 N–H and O–H groups in total. The zero-order valence-corrected chi connectivity index (χ0v) is 14.1. The summed E-state index contributed by atoms with van der Waals surface area (Å²) in [5.41, 5.74) is 1.01. The van der Waals surface area contributed by atoms with Crippen molar-refractivity contribution in [1.29, 1.82) is 0 Å². The van der Waals surface area contributed by atoms with E-state index in [-0.39, 0.29) is 5.91 Å². The predicted molar refractivity (Wildman–Crippen MR) is 88.2 cm³/mol. The number of ether oxygens (including phenoxy) is 2. The number of carbonyl (C=O) groups excluding carboxylic acids is 1. The molecule has 2 aliphatic heterocycles. The van der Waals surface area contributed by atoms with Crippen LogP contribution in [0.15, 0.2) is 12.1 Å². The van der Waals surface area contributed by atoms with Crippen LogP contribution in [0, 0.1) is 0 Å². The standard InChI is InChI=1S/C16H22ClN3O3/c1-19(11-15(21)20-4-2-18-3-5-20)10-12-8-13(17)16-14(9-12)22-6-7-23-16/h8-9,18H,2-7,10-11H2,1H3. The lowest BCUT2D eigenvalue weighted by Crippen LogP contribution is -2.49. The number of amides is 1. The van der Waals surface area contributed by atoms with Crippen LogP contribution < -0.4 is 14.8 Å². The SMILES string of the molecule is CN(CC(=O)N1CCNCC1)Cc1cc(Cl)c2c(c1)OCCO2. The van der Waals surface area contributed by atoms with Gasteiger partial charge in [-0.15, -0.1) is 0 Å². The van der Waals surface area contributed by atoms with E-state index in [9.17, 15) is 4.79 Å². The summed E-state index contributed by atoms with van der Waals surface area (Å²) in [5, 5.41) is 3.80. The van der Waals surface area contributed by atoms with Crippen molar-refractivity contribution < 1.29 is 14.3 Å². The van der Waals surface area contributed by atoms with Gasteiger partial charge in [-0.05, 0) is 24.7 Å². The summed E-state index contributed by atoms with van der Waals surface area (Å²) in [7, 11) is 1.94. The molecule has 1 amide bonds. The van der Waals surface area contributed by atoms with E-state index in [2.05, 4.69) is 5.32 Å². The van der Waals surface area contributed by atoms with Gasteiger partial charge < -0.3 is 19.7 Å². The number of nitrogens with one attached hydrogen (secondary N) is 1. The summed E-state index contributed by atoms with van der Waals surface area (Å²) < 4.78 is 11.1. The molecule has 0 unspecified atom stereocenters. The monoisotopic (exact) mass is 339 g/mol. The number of hydrogen-bond acceptors (Lipinski definition) is 5. The van der Waals surface area contributed by atoms with Crippen LogP contribution in [0.5, 0.6) is 11.5 Å². The van der Waals surface area contributed by atoms with Crippen LogP contribution in [-0.2, 0) is 11.3 Å². The second-order valence-electron chi connectivity index (χ2n) is 5.90. The van der Waals surface area contributed by atoms with Crippen LogP contribution in [0.25, 0.3) is 0 Å². The highest BCUT2D eigenvalue weighted by Crippen LogP contribution is 2.38. The first-order valence-electron chi connectivity index (χ1n) is 7.88. The molecule has 0 bridgehead atoms. The van der Waals surface area contributed by atoms with Crippen molar-refractivity contribution in [2.24, 2.45) is 0 Å². The first kappa shape index (κ1) is 16.4. The molecule has 2 heterocycles. The Kier molecular flexibility index (Phi) is 5.25. The van der Waals surface area contributed by atoms with E-state index in [0.29, 0.717) is 42.8 Å². The number of benzene rings is 1. The van der Waals surface area contributed by atoms with Gasteiger partial charge in [0.15, 0.2) is 11.5 Å². The van der Waals surface area contributed by atoms with Crippen LogP contribution in [0.2, 0.25) is 5.02 Å². The minimum absolute atomic E-state index is 0.164. The van der Waals surface area contributed by atoms with Gasteiger partial charge in [-0.2, -0.15) is 0 Å². The molecule has 1 aromatic rings. The lowest BCUT2D eigenvalue weighted by molar-refractivity contribution is -0.132. The molecule has 23 heavy (non-hydrogen) atoms. The fourth-order valence-electron chi connectivity index (χ4n) is 2.87. The molecule has 126 valence electrons. The molecule has 0 aromatic heterocycles. The first-order chi connectivity index (χ1) is 11.1. The molecule has 1 aromatic carbocycles. The number of carbonyl (C=O) groups is 1. The highest BCUT2D eigenvalue weighted by Gasteiger charge is 2.20. The highest BCUT2D eigenvalue weighted by molar-refractivity contribution is 6.32. The number of rotatable bonds is 4. The normalized spacial score (nSPS) is 17.4. The third-order valence-electron chi connectivity index (χ3n) is 3.98. The smallest absolute Gasteiger partial charge is 0.236 e. The number of fused-ring (bicyclic) bond motifs is 1. The van der Waals surface area contributed by atoms with E-state index in [1.54, 1.807) is 0 Å². The van der Waals surface area contributed by atoms with Crippen molar-refractivity contribution in [3.8, 4) is 11.5 Å². The fraction of sp³-hybridized carbons (Fsp3) is 0.562. The topological polar surface area (TPSA) is 54.0 Å². The zero-order valence-electron chi connectivity index (χ0n) is 13.3. The summed E-state index contributed by atoms with van der Waals surface area (Å²) in [5.74, 6) is 1.46. The van der Waals surface area contributed by atoms with Gasteiger partial charge in [0, 0.05) is 32.7 Å². The Morgan fingerprint density at radius 2 is 2.04 bits per heavy atom. The van der Waals surface area contributed by atoms with Gasteiger partial charge in [-0.3, -0.25) is 9.69 Å². The summed E-state index contributed by atoms with van der Waals surface area (Å²) >= 11 is 6.25. The van der Waals surface area contributed by atoms with E-state index in [1.807, 2.05) is 29.0 Å². The number of nitrogens with zero attached hydrogens (tertiary/aromatic N) is 2. The van der Waals surface area contributed by atoms with E-state index < -0.39 is 0 Å². The van der Waals surface area contributed by atoms with Crippen molar-refractivity contribution in [2.75, 3.05) is 53.0 Å². The molecule has 0 saturated carbocycles. The van der Waals surface area contributed by atoms with Crippen molar-refractivity contribution >= 4 is 17.5 Å². The van der Waals surface area contributed by atoms with Crippen LogP contribution in [0.1, 0.15) is 5.56 Å². The van der Waals surface area contributed by atoms with Crippen LogP contribution in [0.4, 0.5) is 0 Å². The number of halogens is 1. The molecule has 6 nitrogen and oxygen atoms in total. The Labute approximate surface area is 141 Å². The van der Waals surface area contributed by atoms with E-state index in [4.69, 9.17) is 21.1 Å². The molecule has 1 fully saturated rings. The summed E-state index contributed by atoms with van der Waals surface area (Å²) in [4.78, 5) is 16.2. The quantitative estimate of drug-likeness (QED) is 0.886.